The van der Waals surface area contributed by atoms with Crippen LogP contribution in [0.4, 0.5) is 5.69 Å². The maximum Gasteiger partial charge on any atom is 0.305 e. The monoisotopic (exact) mass is 567 g/mol. The number of hydrogen-bond donors (Lipinski definition) is 1. The molecule has 0 radical (unpaired) electrons. The zero-order chi connectivity index (χ0) is 30.1. The zero-order valence-electron chi connectivity index (χ0n) is 23.8. The van der Waals surface area contributed by atoms with Gasteiger partial charge in [0.1, 0.15) is 11.5 Å². The SMILES string of the molecule is COc1ccc(OC)c(CCN(CCC(=O)O)C(=O)c2ccccc2-c2ccccc2C(=O)N(C)c2cccnc2)c1. The Balaban J connectivity index is 1.68. The molecule has 0 aliphatic heterocycles. The third kappa shape index (κ3) is 6.93. The van der Waals surface area contributed by atoms with Crippen LogP contribution in [0, 0.1) is 0 Å². The standard InChI is InChI=1S/C33H33N3O6/c1-35(24-9-8-18-34-22-24)32(39)28-12-6-4-10-26(28)27-11-5-7-13-29(27)33(40)36(20-17-31(37)38)19-16-23-21-25(41-2)14-15-30(23)42-3/h4-15,18,21-22H,16-17,19-20H2,1-3H3,(H,37,38). The summed E-state index contributed by atoms with van der Waals surface area (Å²) in [7, 11) is 4.81. The van der Waals surface area contributed by atoms with Gasteiger partial charge >= 0.3 is 5.97 Å². The topological polar surface area (TPSA) is 109 Å². The molecule has 42 heavy (non-hydrogen) atoms. The average molecular weight is 568 g/mol. The van der Waals surface area contributed by atoms with Crippen molar-refractivity contribution in [3.05, 3.63) is 108 Å². The van der Waals surface area contributed by atoms with Gasteiger partial charge in [0, 0.05) is 37.5 Å². The number of benzene rings is 3. The van der Waals surface area contributed by atoms with Crippen LogP contribution >= 0.6 is 0 Å². The lowest BCUT2D eigenvalue weighted by molar-refractivity contribution is -0.137. The summed E-state index contributed by atoms with van der Waals surface area (Å²) in [6.07, 6.45) is 3.45. The number of amides is 2. The number of carbonyl (C=O) groups excluding carboxylic acids is 2. The predicted molar refractivity (Wildman–Crippen MR) is 160 cm³/mol. The minimum atomic E-state index is -1.01. The molecule has 0 aliphatic carbocycles. The van der Waals surface area contributed by atoms with Crippen molar-refractivity contribution in [2.75, 3.05) is 39.3 Å². The molecule has 0 bridgehead atoms. The van der Waals surface area contributed by atoms with Crippen LogP contribution in [0.15, 0.2) is 91.3 Å². The van der Waals surface area contributed by atoms with Gasteiger partial charge in [0.15, 0.2) is 0 Å². The van der Waals surface area contributed by atoms with E-state index in [2.05, 4.69) is 4.98 Å². The Kier molecular flexibility index (Phi) is 9.89. The van der Waals surface area contributed by atoms with E-state index in [1.165, 1.54) is 9.80 Å². The number of pyridine rings is 1. The number of rotatable bonds is 12. The molecule has 1 N–H and O–H groups in total. The Morgan fingerprint density at radius 1 is 0.810 bits per heavy atom. The first-order chi connectivity index (χ1) is 20.3. The Labute approximate surface area is 244 Å². The number of methoxy groups -OCH3 is 2. The van der Waals surface area contributed by atoms with E-state index in [1.807, 2.05) is 12.1 Å². The van der Waals surface area contributed by atoms with E-state index in [0.29, 0.717) is 45.9 Å². The molecular weight excluding hydrogens is 534 g/mol. The molecule has 4 rings (SSSR count). The number of carbonyl (C=O) groups is 3. The first kappa shape index (κ1) is 29.8. The molecule has 9 nitrogen and oxygen atoms in total. The molecule has 4 aromatic rings. The fourth-order valence-corrected chi connectivity index (χ4v) is 4.71. The average Bonchev–Trinajstić information content (AvgIpc) is 3.04. The summed E-state index contributed by atoms with van der Waals surface area (Å²) < 4.78 is 10.8. The van der Waals surface area contributed by atoms with Crippen LogP contribution in [-0.4, -0.2) is 67.1 Å². The molecule has 0 saturated heterocycles. The van der Waals surface area contributed by atoms with Crippen molar-refractivity contribution in [3.63, 3.8) is 0 Å². The minimum absolute atomic E-state index is 0.0130. The van der Waals surface area contributed by atoms with Crippen molar-refractivity contribution in [1.82, 2.24) is 9.88 Å². The van der Waals surface area contributed by atoms with Gasteiger partial charge in [-0.2, -0.15) is 0 Å². The molecular formula is C33H33N3O6. The van der Waals surface area contributed by atoms with Crippen molar-refractivity contribution in [3.8, 4) is 22.6 Å². The van der Waals surface area contributed by atoms with E-state index in [-0.39, 0.29) is 31.3 Å². The van der Waals surface area contributed by atoms with Crippen LogP contribution in [0.5, 0.6) is 11.5 Å². The third-order valence-electron chi connectivity index (χ3n) is 6.96. The van der Waals surface area contributed by atoms with Crippen molar-refractivity contribution in [1.29, 1.82) is 0 Å². The number of carboxylic acid groups (broad SMARTS) is 1. The highest BCUT2D eigenvalue weighted by atomic mass is 16.5. The van der Waals surface area contributed by atoms with Gasteiger partial charge in [-0.1, -0.05) is 36.4 Å². The summed E-state index contributed by atoms with van der Waals surface area (Å²) in [6.45, 7) is 0.257. The molecule has 0 atom stereocenters. The summed E-state index contributed by atoms with van der Waals surface area (Å²) in [5.41, 5.74) is 3.41. The predicted octanol–water partition coefficient (Wildman–Crippen LogP) is 5.20. The lowest BCUT2D eigenvalue weighted by Crippen LogP contribution is -2.35. The van der Waals surface area contributed by atoms with E-state index in [9.17, 15) is 19.5 Å². The van der Waals surface area contributed by atoms with Gasteiger partial charge in [0.05, 0.1) is 32.5 Å². The molecule has 0 saturated carbocycles. The Morgan fingerprint density at radius 2 is 1.48 bits per heavy atom. The van der Waals surface area contributed by atoms with Gasteiger partial charge in [-0.15, -0.1) is 0 Å². The Hall–Kier alpha value is -5.18. The zero-order valence-corrected chi connectivity index (χ0v) is 23.8. The molecule has 2 amide bonds. The second-order valence-electron chi connectivity index (χ2n) is 9.53. The van der Waals surface area contributed by atoms with Crippen molar-refractivity contribution in [2.45, 2.75) is 12.8 Å². The number of nitrogens with zero attached hydrogens (tertiary/aromatic N) is 3. The van der Waals surface area contributed by atoms with Gasteiger partial charge in [-0.25, -0.2) is 0 Å². The smallest absolute Gasteiger partial charge is 0.305 e. The summed E-state index contributed by atoms with van der Waals surface area (Å²) in [6, 6.07) is 23.1. The maximum atomic E-state index is 14.1. The quantitative estimate of drug-likeness (QED) is 0.251. The molecule has 0 fully saturated rings. The normalized spacial score (nSPS) is 10.5. The second kappa shape index (κ2) is 13.9. The summed E-state index contributed by atoms with van der Waals surface area (Å²) in [4.78, 5) is 46.3. The van der Waals surface area contributed by atoms with Gasteiger partial charge in [-0.3, -0.25) is 19.4 Å². The molecule has 0 aliphatic rings. The lowest BCUT2D eigenvalue weighted by atomic mass is 9.94. The highest BCUT2D eigenvalue weighted by molar-refractivity contribution is 6.11. The van der Waals surface area contributed by atoms with Gasteiger partial charge in [0.2, 0.25) is 0 Å². The van der Waals surface area contributed by atoms with Crippen LogP contribution in [0.3, 0.4) is 0 Å². The van der Waals surface area contributed by atoms with E-state index < -0.39 is 5.97 Å². The first-order valence-corrected chi connectivity index (χ1v) is 13.4. The number of aliphatic carboxylic acids is 1. The number of hydrogen-bond acceptors (Lipinski definition) is 6. The number of aromatic nitrogens is 1. The number of carboxylic acids is 1. The van der Waals surface area contributed by atoms with Crippen molar-refractivity contribution < 1.29 is 29.0 Å². The van der Waals surface area contributed by atoms with Crippen molar-refractivity contribution >= 4 is 23.5 Å². The fraction of sp³-hybridized carbons (Fsp3) is 0.212. The lowest BCUT2D eigenvalue weighted by Gasteiger charge is -2.25. The third-order valence-corrected chi connectivity index (χ3v) is 6.96. The fourth-order valence-electron chi connectivity index (χ4n) is 4.71. The second-order valence-corrected chi connectivity index (χ2v) is 9.53. The summed E-state index contributed by atoms with van der Waals surface area (Å²) in [5.74, 6) is -0.302. The largest absolute Gasteiger partial charge is 0.497 e. The molecule has 0 unspecified atom stereocenters. The van der Waals surface area contributed by atoms with Crippen LogP contribution < -0.4 is 14.4 Å². The molecule has 1 aromatic heterocycles. The van der Waals surface area contributed by atoms with E-state index >= 15 is 0 Å². The molecule has 3 aromatic carbocycles. The molecule has 1 heterocycles. The van der Waals surface area contributed by atoms with Gasteiger partial charge < -0.3 is 24.4 Å². The number of anilines is 1. The van der Waals surface area contributed by atoms with E-state index in [4.69, 9.17) is 9.47 Å². The Morgan fingerprint density at radius 3 is 2.07 bits per heavy atom. The molecule has 0 spiro atoms. The number of ether oxygens (including phenoxy) is 2. The van der Waals surface area contributed by atoms with E-state index in [0.717, 1.165) is 5.56 Å². The molecule has 216 valence electrons. The van der Waals surface area contributed by atoms with Gasteiger partial charge in [-0.05, 0) is 65.6 Å². The van der Waals surface area contributed by atoms with Crippen LogP contribution in [0.1, 0.15) is 32.7 Å². The highest BCUT2D eigenvalue weighted by Crippen LogP contribution is 2.30. The van der Waals surface area contributed by atoms with Crippen LogP contribution in [0.25, 0.3) is 11.1 Å². The first-order valence-electron chi connectivity index (χ1n) is 13.4. The minimum Gasteiger partial charge on any atom is -0.497 e. The van der Waals surface area contributed by atoms with Crippen LogP contribution in [0.2, 0.25) is 0 Å². The van der Waals surface area contributed by atoms with Crippen molar-refractivity contribution in [2.24, 2.45) is 0 Å². The van der Waals surface area contributed by atoms with Gasteiger partial charge in [0.25, 0.3) is 11.8 Å². The van der Waals surface area contributed by atoms with Crippen LogP contribution in [-0.2, 0) is 11.2 Å². The highest BCUT2D eigenvalue weighted by Gasteiger charge is 2.24. The molecule has 9 heteroatoms. The summed E-state index contributed by atoms with van der Waals surface area (Å²) in [5, 5.41) is 9.41. The maximum absolute atomic E-state index is 14.1. The summed E-state index contributed by atoms with van der Waals surface area (Å²) >= 11 is 0. The Bertz CT molecular complexity index is 1560. The van der Waals surface area contributed by atoms with E-state index in [1.54, 1.807) is 100 Å².